The number of benzene rings is 2. The van der Waals surface area contributed by atoms with E-state index < -0.39 is 0 Å². The lowest BCUT2D eigenvalue weighted by Gasteiger charge is -2.16. The molecule has 2 aromatic carbocycles. The van der Waals surface area contributed by atoms with Crippen molar-refractivity contribution in [3.8, 4) is 11.5 Å². The number of thioether (sulfide) groups is 1. The molecule has 2 aromatic rings. The van der Waals surface area contributed by atoms with E-state index in [0.717, 1.165) is 11.1 Å². The fourth-order valence-corrected chi connectivity index (χ4v) is 4.67. The summed E-state index contributed by atoms with van der Waals surface area (Å²) in [6.45, 7) is 3.52. The number of nitrogens with zero attached hydrogens (tertiary/aromatic N) is 1. The van der Waals surface area contributed by atoms with E-state index in [9.17, 15) is 9.18 Å². The Hall–Kier alpha value is -2.16. The standard InChI is InChI=1S/C22H24FNO4S2/c1-3-27-19-12-15(13-20-21(25)24(9-10-26-2)22(29)30-20)7-8-18(19)28-14-16-5-4-6-17(23)11-16/h4-8,11-12,20H,3,9-10,13-14H2,1-2H3/t20-/m0/s1. The van der Waals surface area contributed by atoms with Gasteiger partial charge in [0.25, 0.3) is 0 Å². The Labute approximate surface area is 185 Å². The third-order valence-corrected chi connectivity index (χ3v) is 6.12. The number of methoxy groups -OCH3 is 1. The Morgan fingerprint density at radius 3 is 2.70 bits per heavy atom. The molecule has 8 heteroatoms. The van der Waals surface area contributed by atoms with Gasteiger partial charge in [-0.3, -0.25) is 9.69 Å². The second-order valence-electron chi connectivity index (χ2n) is 6.69. The van der Waals surface area contributed by atoms with E-state index >= 15 is 0 Å². The highest BCUT2D eigenvalue weighted by atomic mass is 32.2. The number of amides is 1. The highest BCUT2D eigenvalue weighted by molar-refractivity contribution is 8.24. The third-order valence-electron chi connectivity index (χ3n) is 4.54. The molecule has 1 aliphatic rings. The van der Waals surface area contributed by atoms with Crippen molar-refractivity contribution in [1.82, 2.24) is 4.90 Å². The maximum absolute atomic E-state index is 13.4. The van der Waals surface area contributed by atoms with Crippen LogP contribution >= 0.6 is 24.0 Å². The first-order valence-electron chi connectivity index (χ1n) is 9.65. The molecule has 3 rings (SSSR count). The first kappa shape index (κ1) is 22.5. The largest absolute Gasteiger partial charge is 0.490 e. The maximum Gasteiger partial charge on any atom is 0.242 e. The topological polar surface area (TPSA) is 48.0 Å². The molecule has 0 bridgehead atoms. The Bertz CT molecular complexity index is 908. The lowest BCUT2D eigenvalue weighted by atomic mass is 10.1. The average molecular weight is 450 g/mol. The van der Waals surface area contributed by atoms with Gasteiger partial charge in [0.15, 0.2) is 11.5 Å². The molecule has 30 heavy (non-hydrogen) atoms. The predicted octanol–water partition coefficient (Wildman–Crippen LogP) is 4.22. The Balaban J connectivity index is 1.68. The van der Waals surface area contributed by atoms with Crippen LogP contribution in [0.1, 0.15) is 18.1 Å². The zero-order valence-corrected chi connectivity index (χ0v) is 18.6. The van der Waals surface area contributed by atoms with Crippen LogP contribution in [0.2, 0.25) is 0 Å². The van der Waals surface area contributed by atoms with Gasteiger partial charge in [-0.2, -0.15) is 0 Å². The number of thiocarbonyl (C=S) groups is 1. The number of carbonyl (C=O) groups excluding carboxylic acids is 1. The molecule has 160 valence electrons. The van der Waals surface area contributed by atoms with Crippen LogP contribution in [0.25, 0.3) is 0 Å². The minimum atomic E-state index is -0.298. The molecule has 1 atom stereocenters. The van der Waals surface area contributed by atoms with Gasteiger partial charge in [-0.15, -0.1) is 0 Å². The molecule has 0 N–H and O–H groups in total. The molecular weight excluding hydrogens is 425 g/mol. The summed E-state index contributed by atoms with van der Waals surface area (Å²) in [7, 11) is 1.60. The van der Waals surface area contributed by atoms with Crippen molar-refractivity contribution in [2.24, 2.45) is 0 Å². The van der Waals surface area contributed by atoms with Crippen LogP contribution < -0.4 is 9.47 Å². The molecule has 1 saturated heterocycles. The minimum Gasteiger partial charge on any atom is -0.490 e. The molecular formula is C22H24FNO4S2. The summed E-state index contributed by atoms with van der Waals surface area (Å²) < 4.78 is 30.6. The van der Waals surface area contributed by atoms with Crippen LogP contribution in [0.15, 0.2) is 42.5 Å². The first-order valence-corrected chi connectivity index (χ1v) is 10.9. The lowest BCUT2D eigenvalue weighted by molar-refractivity contribution is -0.126. The van der Waals surface area contributed by atoms with Crippen LogP contribution in [-0.2, 0) is 22.6 Å². The lowest BCUT2D eigenvalue weighted by Crippen LogP contribution is -2.34. The summed E-state index contributed by atoms with van der Waals surface area (Å²) in [5, 5.41) is -0.261. The van der Waals surface area contributed by atoms with Gasteiger partial charge in [-0.25, -0.2) is 4.39 Å². The number of carbonyl (C=O) groups is 1. The van der Waals surface area contributed by atoms with Crippen LogP contribution in [-0.4, -0.2) is 47.2 Å². The van der Waals surface area contributed by atoms with E-state index in [4.69, 9.17) is 26.4 Å². The van der Waals surface area contributed by atoms with E-state index in [1.54, 1.807) is 24.1 Å². The van der Waals surface area contributed by atoms with Gasteiger partial charge in [0.2, 0.25) is 5.91 Å². The molecule has 1 fully saturated rings. The van der Waals surface area contributed by atoms with Gasteiger partial charge in [0, 0.05) is 7.11 Å². The van der Waals surface area contributed by atoms with Gasteiger partial charge in [0.05, 0.1) is 25.0 Å². The van der Waals surface area contributed by atoms with Gasteiger partial charge < -0.3 is 14.2 Å². The van der Waals surface area contributed by atoms with Crippen LogP contribution in [0.4, 0.5) is 4.39 Å². The molecule has 0 aromatic heterocycles. The number of rotatable bonds is 10. The molecule has 0 radical (unpaired) electrons. The second-order valence-corrected chi connectivity index (χ2v) is 8.53. The van der Waals surface area contributed by atoms with Gasteiger partial charge in [0.1, 0.15) is 16.7 Å². The first-order chi connectivity index (χ1) is 14.5. The minimum absolute atomic E-state index is 0.00596. The molecule has 0 unspecified atom stereocenters. The fourth-order valence-electron chi connectivity index (χ4n) is 3.08. The monoisotopic (exact) mass is 449 g/mol. The summed E-state index contributed by atoms with van der Waals surface area (Å²) in [4.78, 5) is 14.3. The maximum atomic E-state index is 13.4. The van der Waals surface area contributed by atoms with E-state index in [2.05, 4.69) is 0 Å². The number of halogens is 1. The zero-order chi connectivity index (χ0) is 21.5. The van der Waals surface area contributed by atoms with Gasteiger partial charge in [-0.05, 0) is 48.7 Å². The molecule has 1 aliphatic heterocycles. The van der Waals surface area contributed by atoms with Crippen molar-refractivity contribution in [3.05, 3.63) is 59.4 Å². The van der Waals surface area contributed by atoms with Crippen molar-refractivity contribution >= 4 is 34.2 Å². The molecule has 0 aliphatic carbocycles. The quantitative estimate of drug-likeness (QED) is 0.506. The Morgan fingerprint density at radius 2 is 1.97 bits per heavy atom. The molecule has 0 saturated carbocycles. The van der Waals surface area contributed by atoms with Crippen molar-refractivity contribution in [2.45, 2.75) is 25.2 Å². The molecule has 5 nitrogen and oxygen atoms in total. The van der Waals surface area contributed by atoms with Crippen LogP contribution in [0.3, 0.4) is 0 Å². The van der Waals surface area contributed by atoms with Crippen LogP contribution in [0, 0.1) is 5.82 Å². The van der Waals surface area contributed by atoms with E-state index in [-0.39, 0.29) is 23.6 Å². The number of ether oxygens (including phenoxy) is 3. The van der Waals surface area contributed by atoms with Gasteiger partial charge >= 0.3 is 0 Å². The molecule has 1 heterocycles. The molecule has 0 spiro atoms. The van der Waals surface area contributed by atoms with Crippen molar-refractivity contribution in [2.75, 3.05) is 26.9 Å². The average Bonchev–Trinajstić information content (AvgIpc) is 2.99. The Kier molecular flexibility index (Phi) is 8.07. The predicted molar refractivity (Wildman–Crippen MR) is 120 cm³/mol. The summed E-state index contributed by atoms with van der Waals surface area (Å²) in [6.07, 6.45) is 0.539. The van der Waals surface area contributed by atoms with Crippen LogP contribution in [0.5, 0.6) is 11.5 Å². The summed E-state index contributed by atoms with van der Waals surface area (Å²) >= 11 is 6.75. The molecule has 1 amide bonds. The second kappa shape index (κ2) is 10.7. The SMILES string of the molecule is CCOc1cc(C[C@@H]2SC(=S)N(CCOC)C2=O)ccc1OCc1cccc(F)c1. The Morgan fingerprint density at radius 1 is 1.13 bits per heavy atom. The van der Waals surface area contributed by atoms with E-state index in [0.29, 0.717) is 42.0 Å². The van der Waals surface area contributed by atoms with Crippen molar-refractivity contribution in [3.63, 3.8) is 0 Å². The summed E-state index contributed by atoms with van der Waals surface area (Å²) in [5.41, 5.74) is 1.69. The number of hydrogen-bond acceptors (Lipinski definition) is 6. The third kappa shape index (κ3) is 5.71. The van der Waals surface area contributed by atoms with Crippen molar-refractivity contribution < 1.29 is 23.4 Å². The smallest absolute Gasteiger partial charge is 0.242 e. The van der Waals surface area contributed by atoms with E-state index in [1.165, 1.54) is 23.9 Å². The highest BCUT2D eigenvalue weighted by Gasteiger charge is 2.36. The van der Waals surface area contributed by atoms with Gasteiger partial charge in [-0.1, -0.05) is 42.2 Å². The highest BCUT2D eigenvalue weighted by Crippen LogP contribution is 2.33. The normalized spacial score (nSPS) is 16.2. The fraction of sp³-hybridized carbons (Fsp3) is 0.364. The van der Waals surface area contributed by atoms with Crippen molar-refractivity contribution in [1.29, 1.82) is 0 Å². The zero-order valence-electron chi connectivity index (χ0n) is 16.9. The number of hydrogen-bond donors (Lipinski definition) is 0. The van der Waals surface area contributed by atoms with E-state index in [1.807, 2.05) is 25.1 Å². The summed E-state index contributed by atoms with van der Waals surface area (Å²) in [6, 6.07) is 11.9. The summed E-state index contributed by atoms with van der Waals surface area (Å²) in [5.74, 6) is 0.882.